The molecule has 3 heteroatoms. The molecule has 2 aromatic carbocycles. The van der Waals surface area contributed by atoms with Gasteiger partial charge in [-0.25, -0.2) is 0 Å². The molecule has 0 aliphatic heterocycles. The highest BCUT2D eigenvalue weighted by molar-refractivity contribution is 5.39. The van der Waals surface area contributed by atoms with Crippen LogP contribution in [0.2, 0.25) is 0 Å². The predicted octanol–water partition coefficient (Wildman–Crippen LogP) is 3.77. The summed E-state index contributed by atoms with van der Waals surface area (Å²) in [6, 6.07) is 16.2. The fraction of sp³-hybridized carbons (Fsp3) is 0.333. The van der Waals surface area contributed by atoms with Crippen molar-refractivity contribution in [1.82, 2.24) is 5.32 Å². The van der Waals surface area contributed by atoms with Crippen LogP contribution in [0, 0.1) is 0 Å². The van der Waals surface area contributed by atoms with E-state index in [2.05, 4.69) is 36.5 Å². The molecule has 0 aromatic heterocycles. The van der Waals surface area contributed by atoms with E-state index in [1.54, 1.807) is 7.11 Å². The van der Waals surface area contributed by atoms with Crippen LogP contribution in [0.25, 0.3) is 0 Å². The number of hydrogen-bond acceptors (Lipinski definition) is 3. The van der Waals surface area contributed by atoms with Crippen molar-refractivity contribution in [3.8, 4) is 11.5 Å². The maximum Gasteiger partial charge on any atom is 0.161 e. The zero-order valence-electron chi connectivity index (χ0n) is 12.8. The summed E-state index contributed by atoms with van der Waals surface area (Å²) in [4.78, 5) is 0. The lowest BCUT2D eigenvalue weighted by Gasteiger charge is -2.11. The van der Waals surface area contributed by atoms with E-state index in [4.69, 9.17) is 9.47 Å². The Morgan fingerprint density at radius 3 is 2.48 bits per heavy atom. The van der Waals surface area contributed by atoms with Crippen LogP contribution in [0.5, 0.6) is 11.5 Å². The van der Waals surface area contributed by atoms with Crippen molar-refractivity contribution in [3.05, 3.63) is 59.7 Å². The van der Waals surface area contributed by atoms with Gasteiger partial charge < -0.3 is 14.8 Å². The van der Waals surface area contributed by atoms with Crippen molar-refractivity contribution in [2.24, 2.45) is 0 Å². The van der Waals surface area contributed by atoms with Gasteiger partial charge in [0.15, 0.2) is 11.5 Å². The largest absolute Gasteiger partial charge is 0.493 e. The van der Waals surface area contributed by atoms with Gasteiger partial charge in [-0.15, -0.1) is 0 Å². The van der Waals surface area contributed by atoms with Gasteiger partial charge in [-0.05, 0) is 36.2 Å². The topological polar surface area (TPSA) is 30.5 Å². The van der Waals surface area contributed by atoms with Crippen molar-refractivity contribution < 1.29 is 9.47 Å². The molecule has 0 aliphatic carbocycles. The highest BCUT2D eigenvalue weighted by Gasteiger charge is 2.03. The SMILES string of the molecule is CCCNCc1cccc(COc2ccccc2OC)c1. The van der Waals surface area contributed by atoms with Crippen LogP contribution < -0.4 is 14.8 Å². The normalized spacial score (nSPS) is 10.4. The molecule has 3 nitrogen and oxygen atoms in total. The average molecular weight is 285 g/mol. The van der Waals surface area contributed by atoms with E-state index < -0.39 is 0 Å². The van der Waals surface area contributed by atoms with E-state index >= 15 is 0 Å². The molecular weight excluding hydrogens is 262 g/mol. The van der Waals surface area contributed by atoms with Crippen molar-refractivity contribution >= 4 is 0 Å². The van der Waals surface area contributed by atoms with Crippen molar-refractivity contribution in [2.45, 2.75) is 26.5 Å². The molecule has 2 rings (SSSR count). The maximum atomic E-state index is 5.85. The standard InChI is InChI=1S/C18H23NO2/c1-3-11-19-13-15-7-6-8-16(12-15)14-21-18-10-5-4-9-17(18)20-2/h4-10,12,19H,3,11,13-14H2,1-2H3. The first-order chi connectivity index (χ1) is 10.3. The second kappa shape index (κ2) is 8.32. The molecular formula is C18H23NO2. The van der Waals surface area contributed by atoms with E-state index in [1.807, 2.05) is 24.3 Å². The van der Waals surface area contributed by atoms with Gasteiger partial charge in [-0.1, -0.05) is 43.3 Å². The van der Waals surface area contributed by atoms with Crippen molar-refractivity contribution in [1.29, 1.82) is 0 Å². The molecule has 0 aliphatic rings. The Hall–Kier alpha value is -2.00. The molecule has 21 heavy (non-hydrogen) atoms. The average Bonchev–Trinajstić information content (AvgIpc) is 2.54. The molecule has 0 saturated carbocycles. The first-order valence-corrected chi connectivity index (χ1v) is 7.38. The van der Waals surface area contributed by atoms with Gasteiger partial charge in [0.2, 0.25) is 0 Å². The number of methoxy groups -OCH3 is 1. The molecule has 0 heterocycles. The highest BCUT2D eigenvalue weighted by atomic mass is 16.5. The van der Waals surface area contributed by atoms with Gasteiger partial charge in [0.25, 0.3) is 0 Å². The minimum Gasteiger partial charge on any atom is -0.493 e. The van der Waals surface area contributed by atoms with E-state index in [0.717, 1.165) is 36.6 Å². The summed E-state index contributed by atoms with van der Waals surface area (Å²) in [5, 5.41) is 3.41. The minimum atomic E-state index is 0.544. The van der Waals surface area contributed by atoms with Gasteiger partial charge in [-0.3, -0.25) is 0 Å². The monoisotopic (exact) mass is 285 g/mol. The first-order valence-electron chi connectivity index (χ1n) is 7.38. The molecule has 1 N–H and O–H groups in total. The third-order valence-electron chi connectivity index (χ3n) is 3.21. The summed E-state index contributed by atoms with van der Waals surface area (Å²) < 4.78 is 11.1. The second-order valence-electron chi connectivity index (χ2n) is 4.94. The fourth-order valence-corrected chi connectivity index (χ4v) is 2.14. The Labute approximate surface area is 126 Å². The Morgan fingerprint density at radius 2 is 1.71 bits per heavy atom. The van der Waals surface area contributed by atoms with E-state index in [9.17, 15) is 0 Å². The summed E-state index contributed by atoms with van der Waals surface area (Å²) in [6.45, 7) is 4.66. The smallest absolute Gasteiger partial charge is 0.161 e. The van der Waals surface area contributed by atoms with Crippen molar-refractivity contribution in [3.63, 3.8) is 0 Å². The van der Waals surface area contributed by atoms with E-state index in [1.165, 1.54) is 5.56 Å². The molecule has 0 spiro atoms. The number of nitrogens with one attached hydrogen (secondary N) is 1. The van der Waals surface area contributed by atoms with Crippen LogP contribution in [-0.2, 0) is 13.2 Å². The maximum absolute atomic E-state index is 5.85. The number of hydrogen-bond donors (Lipinski definition) is 1. The van der Waals surface area contributed by atoms with Gasteiger partial charge in [0.1, 0.15) is 6.61 Å². The number of ether oxygens (including phenoxy) is 2. The number of rotatable bonds is 8. The molecule has 0 saturated heterocycles. The third-order valence-corrected chi connectivity index (χ3v) is 3.21. The molecule has 0 bridgehead atoms. The minimum absolute atomic E-state index is 0.544. The predicted molar refractivity (Wildman–Crippen MR) is 85.8 cm³/mol. The quantitative estimate of drug-likeness (QED) is 0.749. The zero-order valence-corrected chi connectivity index (χ0v) is 12.8. The van der Waals surface area contributed by atoms with Gasteiger partial charge in [0.05, 0.1) is 7.11 Å². The molecule has 0 radical (unpaired) electrons. The lowest BCUT2D eigenvalue weighted by molar-refractivity contribution is 0.284. The molecule has 0 unspecified atom stereocenters. The molecule has 112 valence electrons. The Bertz CT molecular complexity index is 554. The van der Waals surface area contributed by atoms with E-state index in [0.29, 0.717) is 6.61 Å². The lowest BCUT2D eigenvalue weighted by Crippen LogP contribution is -2.13. The van der Waals surface area contributed by atoms with Crippen LogP contribution >= 0.6 is 0 Å². The Morgan fingerprint density at radius 1 is 0.952 bits per heavy atom. The fourth-order valence-electron chi connectivity index (χ4n) is 2.14. The molecule has 0 amide bonds. The van der Waals surface area contributed by atoms with Crippen LogP contribution in [0.4, 0.5) is 0 Å². The third kappa shape index (κ3) is 4.80. The van der Waals surface area contributed by atoms with E-state index in [-0.39, 0.29) is 0 Å². The Kier molecular flexibility index (Phi) is 6.10. The van der Waals surface area contributed by atoms with Crippen LogP contribution in [0.15, 0.2) is 48.5 Å². The van der Waals surface area contributed by atoms with Gasteiger partial charge in [-0.2, -0.15) is 0 Å². The van der Waals surface area contributed by atoms with Gasteiger partial charge >= 0.3 is 0 Å². The van der Waals surface area contributed by atoms with Crippen LogP contribution in [-0.4, -0.2) is 13.7 Å². The summed E-state index contributed by atoms with van der Waals surface area (Å²) in [6.07, 6.45) is 1.15. The molecule has 0 fully saturated rings. The summed E-state index contributed by atoms with van der Waals surface area (Å²) >= 11 is 0. The first kappa shape index (κ1) is 15.4. The number of benzene rings is 2. The summed E-state index contributed by atoms with van der Waals surface area (Å²) in [5.41, 5.74) is 2.45. The van der Waals surface area contributed by atoms with Crippen LogP contribution in [0.3, 0.4) is 0 Å². The molecule has 0 atom stereocenters. The number of para-hydroxylation sites is 2. The lowest BCUT2D eigenvalue weighted by atomic mass is 10.1. The van der Waals surface area contributed by atoms with Gasteiger partial charge in [0, 0.05) is 6.54 Å². The summed E-state index contributed by atoms with van der Waals surface area (Å²) in [7, 11) is 1.65. The Balaban J connectivity index is 1.95. The second-order valence-corrected chi connectivity index (χ2v) is 4.94. The van der Waals surface area contributed by atoms with Crippen molar-refractivity contribution in [2.75, 3.05) is 13.7 Å². The summed E-state index contributed by atoms with van der Waals surface area (Å²) in [5.74, 6) is 1.53. The van der Waals surface area contributed by atoms with Crippen LogP contribution in [0.1, 0.15) is 24.5 Å². The molecule has 2 aromatic rings. The zero-order chi connectivity index (χ0) is 14.9. The highest BCUT2D eigenvalue weighted by Crippen LogP contribution is 2.26.